The van der Waals surface area contributed by atoms with Gasteiger partial charge in [0.25, 0.3) is 0 Å². The third kappa shape index (κ3) is 7.22. The van der Waals surface area contributed by atoms with E-state index in [1.165, 1.54) is 0 Å². The minimum Gasteiger partial charge on any atom is -0.487 e. The molecule has 12 nitrogen and oxygen atoms in total. The summed E-state index contributed by atoms with van der Waals surface area (Å²) in [5.74, 6) is 0.674. The molecule has 48 heavy (non-hydrogen) atoms. The summed E-state index contributed by atoms with van der Waals surface area (Å²) in [7, 11) is 0. The van der Waals surface area contributed by atoms with Gasteiger partial charge in [-0.1, -0.05) is 40.5 Å². The van der Waals surface area contributed by atoms with Crippen LogP contribution in [-0.4, -0.2) is 73.5 Å². The van der Waals surface area contributed by atoms with Crippen molar-refractivity contribution >= 4 is 29.3 Å². The Morgan fingerprint density at radius 1 is 1.12 bits per heavy atom. The maximum absolute atomic E-state index is 14.2. The van der Waals surface area contributed by atoms with E-state index in [-0.39, 0.29) is 30.9 Å². The number of hydrogen-bond donors (Lipinski definition) is 1. The van der Waals surface area contributed by atoms with Crippen molar-refractivity contribution in [1.29, 1.82) is 0 Å². The van der Waals surface area contributed by atoms with Crippen LogP contribution < -0.4 is 14.8 Å². The summed E-state index contributed by atoms with van der Waals surface area (Å²) >= 11 is 0. The molecule has 1 saturated carbocycles. The molecule has 3 aromatic rings. The van der Waals surface area contributed by atoms with Gasteiger partial charge in [0.05, 0.1) is 35.5 Å². The first-order valence-corrected chi connectivity index (χ1v) is 17.1. The van der Waals surface area contributed by atoms with Crippen molar-refractivity contribution in [3.8, 4) is 11.6 Å². The summed E-state index contributed by atoms with van der Waals surface area (Å²) in [6.45, 7) is 10.0. The lowest BCUT2D eigenvalue weighted by atomic mass is 9.85. The molecule has 12 heteroatoms. The molecule has 3 aliphatic rings. The van der Waals surface area contributed by atoms with Crippen LogP contribution in [0.4, 0.5) is 4.79 Å². The molecule has 256 valence electrons. The Hall–Kier alpha value is -4.35. The molecule has 6 rings (SSSR count). The van der Waals surface area contributed by atoms with Crippen LogP contribution in [-0.2, 0) is 27.4 Å². The zero-order valence-corrected chi connectivity index (χ0v) is 28.5. The summed E-state index contributed by atoms with van der Waals surface area (Å²) in [6, 6.07) is 3.96. The van der Waals surface area contributed by atoms with Gasteiger partial charge in [-0.05, 0) is 56.6 Å². The quantitative estimate of drug-likeness (QED) is 0.362. The number of aromatic nitrogens is 4. The van der Waals surface area contributed by atoms with Gasteiger partial charge < -0.3 is 29.2 Å². The Labute approximate surface area is 281 Å². The summed E-state index contributed by atoms with van der Waals surface area (Å²) in [4.78, 5) is 59.8. The molecule has 2 fully saturated rings. The Bertz CT molecular complexity index is 1650. The van der Waals surface area contributed by atoms with Gasteiger partial charge in [0.2, 0.25) is 11.8 Å². The SMILES string of the molecule is CC[C@@H]1[C@@H]2CN(C(=O)[C@H](C(C)(C)C)NC(=O)O[C@]3(C)C[C@H]3CCCCCc3nc4ccc(OCc5cnccn5)cc4nc3O2)[C@@H]1C=O. The number of hydrogen-bond acceptors (Lipinski definition) is 10. The molecule has 6 atom stereocenters. The Morgan fingerprint density at radius 2 is 1.96 bits per heavy atom. The predicted molar refractivity (Wildman–Crippen MR) is 177 cm³/mol. The molecule has 0 unspecified atom stereocenters. The lowest BCUT2D eigenvalue weighted by Crippen LogP contribution is -2.56. The van der Waals surface area contributed by atoms with Crippen molar-refractivity contribution < 1.29 is 28.6 Å². The number of aryl methyl sites for hydroxylation is 1. The number of alkyl carbamates (subject to hydrolysis) is 1. The number of amides is 2. The smallest absolute Gasteiger partial charge is 0.408 e. The van der Waals surface area contributed by atoms with E-state index in [0.29, 0.717) is 35.7 Å². The average Bonchev–Trinajstić information content (AvgIpc) is 3.54. The molecule has 2 bridgehead atoms. The zero-order valence-electron chi connectivity index (χ0n) is 28.5. The molecule has 2 aromatic heterocycles. The first kappa shape index (κ1) is 33.5. The normalized spacial score (nSPS) is 28.2. The van der Waals surface area contributed by atoms with E-state index in [0.717, 1.165) is 49.6 Å². The van der Waals surface area contributed by atoms with E-state index in [4.69, 9.17) is 24.2 Å². The lowest BCUT2D eigenvalue weighted by Gasteiger charge is -2.35. The van der Waals surface area contributed by atoms with Gasteiger partial charge in [0.15, 0.2) is 0 Å². The highest BCUT2D eigenvalue weighted by Gasteiger charge is 2.54. The molecular weight excluding hydrogens is 612 g/mol. The standard InChI is InChI=1S/C36H46N6O6/c1-6-25-29(20-43)42-19-30(25)47-32-27(39-26-13-12-24(16-28(26)40-32)46-21-23-18-37-14-15-38-23)11-9-7-8-10-22-17-36(22,5)48-34(45)41-31(33(42)44)35(2,3)4/h12-16,18,20,22,25,29-31H,6-11,17,19,21H2,1-5H3,(H,41,45)/t22-,25+,29-,30+,31-,36-/m1/s1. The van der Waals surface area contributed by atoms with Gasteiger partial charge in [0.1, 0.15) is 42.1 Å². The summed E-state index contributed by atoms with van der Waals surface area (Å²) in [5, 5.41) is 2.86. The van der Waals surface area contributed by atoms with Gasteiger partial charge in [-0.2, -0.15) is 0 Å². The summed E-state index contributed by atoms with van der Waals surface area (Å²) in [6.07, 6.45) is 10.5. The number of benzene rings is 1. The van der Waals surface area contributed by atoms with Crippen LogP contribution in [0.5, 0.6) is 11.6 Å². The minimum atomic E-state index is -0.903. The molecule has 1 aliphatic carbocycles. The third-order valence-electron chi connectivity index (χ3n) is 10.0. The number of aldehydes is 1. The van der Waals surface area contributed by atoms with Crippen LogP contribution in [0.15, 0.2) is 36.8 Å². The van der Waals surface area contributed by atoms with Gasteiger partial charge in [-0.3, -0.25) is 14.8 Å². The van der Waals surface area contributed by atoms with Gasteiger partial charge in [0, 0.05) is 30.3 Å². The molecule has 2 amide bonds. The van der Waals surface area contributed by atoms with Crippen LogP contribution >= 0.6 is 0 Å². The summed E-state index contributed by atoms with van der Waals surface area (Å²) < 4.78 is 18.5. The van der Waals surface area contributed by atoms with Crippen molar-refractivity contribution in [3.05, 3.63) is 48.2 Å². The van der Waals surface area contributed by atoms with E-state index >= 15 is 0 Å². The highest BCUT2D eigenvalue weighted by Crippen LogP contribution is 2.49. The first-order valence-electron chi connectivity index (χ1n) is 17.1. The van der Waals surface area contributed by atoms with Gasteiger partial charge in [-0.25, -0.2) is 14.8 Å². The topological polar surface area (TPSA) is 146 Å². The molecule has 0 radical (unpaired) electrons. The van der Waals surface area contributed by atoms with Crippen LogP contribution in [0.2, 0.25) is 0 Å². The average molecular weight is 659 g/mol. The fourth-order valence-electron chi connectivity index (χ4n) is 7.05. The molecule has 1 aromatic carbocycles. The number of ether oxygens (including phenoxy) is 3. The number of rotatable bonds is 5. The van der Waals surface area contributed by atoms with Crippen molar-refractivity contribution in [2.75, 3.05) is 6.54 Å². The second-order valence-electron chi connectivity index (χ2n) is 14.6. The molecule has 1 saturated heterocycles. The number of carbonyl (C=O) groups excluding carboxylic acids is 3. The third-order valence-corrected chi connectivity index (χ3v) is 10.0. The molecule has 2 aliphatic heterocycles. The predicted octanol–water partition coefficient (Wildman–Crippen LogP) is 5.22. The number of nitrogens with zero attached hydrogens (tertiary/aromatic N) is 5. The number of carbonyl (C=O) groups is 3. The Kier molecular flexibility index (Phi) is 9.53. The Morgan fingerprint density at radius 3 is 2.69 bits per heavy atom. The van der Waals surface area contributed by atoms with Crippen LogP contribution in [0.25, 0.3) is 11.0 Å². The number of fused-ring (bicyclic) bond motifs is 5. The minimum absolute atomic E-state index is 0.171. The van der Waals surface area contributed by atoms with Crippen LogP contribution in [0, 0.1) is 17.3 Å². The number of nitrogens with one attached hydrogen (secondary N) is 1. The van der Waals surface area contributed by atoms with Gasteiger partial charge in [-0.15, -0.1) is 0 Å². The van der Waals surface area contributed by atoms with Crippen molar-refractivity contribution in [3.63, 3.8) is 0 Å². The molecular formula is C36H46N6O6. The fraction of sp³-hybridized carbons (Fsp3) is 0.583. The van der Waals surface area contributed by atoms with Crippen molar-refractivity contribution in [1.82, 2.24) is 30.2 Å². The van der Waals surface area contributed by atoms with Crippen LogP contribution in [0.3, 0.4) is 0 Å². The monoisotopic (exact) mass is 658 g/mol. The first-order chi connectivity index (χ1) is 23.0. The maximum Gasteiger partial charge on any atom is 0.408 e. The van der Waals surface area contributed by atoms with E-state index < -0.39 is 35.3 Å². The fourth-order valence-corrected chi connectivity index (χ4v) is 7.05. The molecule has 1 N–H and O–H groups in total. The lowest BCUT2D eigenvalue weighted by molar-refractivity contribution is -0.139. The van der Waals surface area contributed by atoms with E-state index in [2.05, 4.69) is 15.3 Å². The summed E-state index contributed by atoms with van der Waals surface area (Å²) in [5.41, 5.74) is 1.61. The molecule has 4 heterocycles. The van der Waals surface area contributed by atoms with Crippen molar-refractivity contribution in [2.45, 2.75) is 110 Å². The highest BCUT2D eigenvalue weighted by molar-refractivity contribution is 5.89. The second kappa shape index (κ2) is 13.6. The van der Waals surface area contributed by atoms with Gasteiger partial charge >= 0.3 is 6.09 Å². The molecule has 0 spiro atoms. The highest BCUT2D eigenvalue weighted by atomic mass is 16.6. The van der Waals surface area contributed by atoms with Crippen LogP contribution in [0.1, 0.15) is 84.5 Å². The second-order valence-corrected chi connectivity index (χ2v) is 14.6. The Balaban J connectivity index is 1.33. The van der Waals surface area contributed by atoms with E-state index in [1.807, 2.05) is 52.8 Å². The maximum atomic E-state index is 14.2. The van der Waals surface area contributed by atoms with E-state index in [1.54, 1.807) is 23.5 Å². The zero-order chi connectivity index (χ0) is 34.1. The van der Waals surface area contributed by atoms with E-state index in [9.17, 15) is 14.4 Å². The van der Waals surface area contributed by atoms with Crippen molar-refractivity contribution in [2.24, 2.45) is 17.3 Å². The largest absolute Gasteiger partial charge is 0.487 e.